The van der Waals surface area contributed by atoms with Crippen LogP contribution in [-0.4, -0.2) is 46.7 Å². The third-order valence-electron chi connectivity index (χ3n) is 6.46. The number of amides is 2. The summed E-state index contributed by atoms with van der Waals surface area (Å²) in [5, 5.41) is 9.86. The Morgan fingerprint density at radius 3 is 2.34 bits per heavy atom. The van der Waals surface area contributed by atoms with Gasteiger partial charge in [-0.25, -0.2) is 4.68 Å². The van der Waals surface area contributed by atoms with Crippen LogP contribution in [0.4, 0.5) is 5.82 Å². The number of carbonyl (C=O) groups excluding carboxylic acids is 2. The van der Waals surface area contributed by atoms with Gasteiger partial charge in [-0.3, -0.25) is 9.59 Å². The number of ether oxygens (including phenoxy) is 1. The number of methoxy groups -OCH3 is 1. The molecule has 2 amide bonds. The number of hydrogen-bond acceptors (Lipinski definition) is 4. The number of nitrogens with one attached hydrogen (secondary N) is 1. The molecule has 4 aromatic rings. The van der Waals surface area contributed by atoms with Crippen molar-refractivity contribution in [3.05, 3.63) is 84.1 Å². The topological polar surface area (TPSA) is 76.5 Å². The molecule has 38 heavy (non-hydrogen) atoms. The van der Waals surface area contributed by atoms with E-state index in [2.05, 4.69) is 33.0 Å². The van der Waals surface area contributed by atoms with Gasteiger partial charge in [0, 0.05) is 23.6 Å². The van der Waals surface area contributed by atoms with Crippen molar-refractivity contribution >= 4 is 28.4 Å². The zero-order chi connectivity index (χ0) is 27.3. The van der Waals surface area contributed by atoms with E-state index in [0.717, 1.165) is 40.7 Å². The molecule has 0 spiro atoms. The third kappa shape index (κ3) is 6.22. The summed E-state index contributed by atoms with van der Waals surface area (Å²) in [5.41, 5.74) is 2.01. The first kappa shape index (κ1) is 26.9. The van der Waals surface area contributed by atoms with Gasteiger partial charge in [0.2, 0.25) is 5.91 Å². The third-order valence-corrected chi connectivity index (χ3v) is 6.46. The molecule has 1 heterocycles. The number of carbonyl (C=O) groups is 2. The molecule has 0 radical (unpaired) electrons. The molecule has 3 aromatic carbocycles. The SMILES string of the molecule is CCCCN(CC(=O)Nc1cc(C(C)(C)C)nn1-c1ccc(OC)cc1)C(=O)c1ccc2ccccc2c1. The van der Waals surface area contributed by atoms with Crippen LogP contribution in [0.1, 0.15) is 56.6 Å². The maximum absolute atomic E-state index is 13.5. The van der Waals surface area contributed by atoms with E-state index in [1.54, 1.807) is 16.7 Å². The lowest BCUT2D eigenvalue weighted by Crippen LogP contribution is -2.39. The van der Waals surface area contributed by atoms with Crippen LogP contribution in [-0.2, 0) is 10.2 Å². The molecule has 1 N–H and O–H groups in total. The maximum Gasteiger partial charge on any atom is 0.254 e. The molecule has 7 nitrogen and oxygen atoms in total. The fraction of sp³-hybridized carbons (Fsp3) is 0.323. The predicted octanol–water partition coefficient (Wildman–Crippen LogP) is 6.21. The highest BCUT2D eigenvalue weighted by atomic mass is 16.5. The molecule has 0 aliphatic rings. The normalized spacial score (nSPS) is 11.4. The molecule has 0 fully saturated rings. The summed E-state index contributed by atoms with van der Waals surface area (Å²) in [6.45, 7) is 8.75. The molecule has 0 aliphatic carbocycles. The van der Waals surface area contributed by atoms with Crippen molar-refractivity contribution < 1.29 is 14.3 Å². The van der Waals surface area contributed by atoms with E-state index in [0.29, 0.717) is 17.9 Å². The van der Waals surface area contributed by atoms with Crippen molar-refractivity contribution in [1.29, 1.82) is 0 Å². The molecular formula is C31H36N4O3. The molecule has 0 saturated heterocycles. The Morgan fingerprint density at radius 2 is 1.68 bits per heavy atom. The van der Waals surface area contributed by atoms with Gasteiger partial charge in [0.05, 0.1) is 18.5 Å². The Balaban J connectivity index is 1.58. The highest BCUT2D eigenvalue weighted by Gasteiger charge is 2.23. The summed E-state index contributed by atoms with van der Waals surface area (Å²) < 4.78 is 7.00. The van der Waals surface area contributed by atoms with Crippen LogP contribution >= 0.6 is 0 Å². The van der Waals surface area contributed by atoms with Crippen LogP contribution in [0.3, 0.4) is 0 Å². The van der Waals surface area contributed by atoms with Crippen molar-refractivity contribution in [2.24, 2.45) is 0 Å². The van der Waals surface area contributed by atoms with Gasteiger partial charge in [-0.1, -0.05) is 64.4 Å². The summed E-state index contributed by atoms with van der Waals surface area (Å²) in [7, 11) is 1.62. The lowest BCUT2D eigenvalue weighted by atomic mass is 9.92. The van der Waals surface area contributed by atoms with Crippen LogP contribution in [0.5, 0.6) is 5.75 Å². The van der Waals surface area contributed by atoms with Crippen LogP contribution in [0.15, 0.2) is 72.8 Å². The fourth-order valence-corrected chi connectivity index (χ4v) is 4.22. The van der Waals surface area contributed by atoms with Gasteiger partial charge in [0.15, 0.2) is 0 Å². The highest BCUT2D eigenvalue weighted by molar-refractivity contribution is 6.01. The van der Waals surface area contributed by atoms with E-state index in [9.17, 15) is 9.59 Å². The monoisotopic (exact) mass is 512 g/mol. The number of unbranched alkanes of at least 4 members (excludes halogenated alkanes) is 1. The van der Waals surface area contributed by atoms with Gasteiger partial charge in [0.25, 0.3) is 5.91 Å². The number of rotatable bonds is 9. The second-order valence-corrected chi connectivity index (χ2v) is 10.5. The number of nitrogens with zero attached hydrogens (tertiary/aromatic N) is 3. The first-order valence-electron chi connectivity index (χ1n) is 13.0. The van der Waals surface area contributed by atoms with E-state index in [1.165, 1.54) is 0 Å². The molecule has 7 heteroatoms. The summed E-state index contributed by atoms with van der Waals surface area (Å²) in [4.78, 5) is 28.4. The van der Waals surface area contributed by atoms with E-state index in [1.807, 2.05) is 72.8 Å². The van der Waals surface area contributed by atoms with Crippen LogP contribution in [0.2, 0.25) is 0 Å². The van der Waals surface area contributed by atoms with Crippen molar-refractivity contribution in [1.82, 2.24) is 14.7 Å². The van der Waals surface area contributed by atoms with Crippen LogP contribution in [0, 0.1) is 0 Å². The summed E-state index contributed by atoms with van der Waals surface area (Å²) in [5.74, 6) is 0.865. The van der Waals surface area contributed by atoms with Gasteiger partial charge in [0.1, 0.15) is 18.1 Å². The Hall–Kier alpha value is -4.13. The van der Waals surface area contributed by atoms with Gasteiger partial charge in [-0.05, 0) is 53.6 Å². The quantitative estimate of drug-likeness (QED) is 0.289. The molecule has 1 aromatic heterocycles. The molecule has 0 unspecified atom stereocenters. The Morgan fingerprint density at radius 1 is 0.974 bits per heavy atom. The number of fused-ring (bicyclic) bond motifs is 1. The zero-order valence-corrected chi connectivity index (χ0v) is 22.8. The second-order valence-electron chi connectivity index (χ2n) is 10.5. The summed E-state index contributed by atoms with van der Waals surface area (Å²) in [6.07, 6.45) is 1.73. The van der Waals surface area contributed by atoms with Crippen LogP contribution in [0.25, 0.3) is 16.5 Å². The summed E-state index contributed by atoms with van der Waals surface area (Å²) >= 11 is 0. The second kappa shape index (κ2) is 11.5. The van der Waals surface area contributed by atoms with E-state index in [4.69, 9.17) is 9.84 Å². The average Bonchev–Trinajstić information content (AvgIpc) is 3.34. The van der Waals surface area contributed by atoms with Gasteiger partial charge >= 0.3 is 0 Å². The average molecular weight is 513 g/mol. The first-order chi connectivity index (χ1) is 18.2. The van der Waals surface area contributed by atoms with Crippen molar-refractivity contribution in [3.63, 3.8) is 0 Å². The molecule has 0 aliphatic heterocycles. The van der Waals surface area contributed by atoms with Gasteiger partial charge in [-0.15, -0.1) is 0 Å². The summed E-state index contributed by atoms with van der Waals surface area (Å²) in [6, 6.07) is 23.0. The van der Waals surface area contributed by atoms with Crippen molar-refractivity contribution in [2.75, 3.05) is 25.5 Å². The number of benzene rings is 3. The number of aromatic nitrogens is 2. The largest absolute Gasteiger partial charge is 0.497 e. The van der Waals surface area contributed by atoms with Crippen LogP contribution < -0.4 is 10.1 Å². The van der Waals surface area contributed by atoms with Gasteiger partial charge < -0.3 is 15.0 Å². The lowest BCUT2D eigenvalue weighted by molar-refractivity contribution is -0.117. The fourth-order valence-electron chi connectivity index (χ4n) is 4.22. The maximum atomic E-state index is 13.5. The molecule has 0 saturated carbocycles. The first-order valence-corrected chi connectivity index (χ1v) is 13.0. The minimum absolute atomic E-state index is 0.0513. The minimum atomic E-state index is -0.273. The predicted molar refractivity (Wildman–Crippen MR) is 152 cm³/mol. The van der Waals surface area contributed by atoms with Crippen molar-refractivity contribution in [3.8, 4) is 11.4 Å². The molecule has 198 valence electrons. The minimum Gasteiger partial charge on any atom is -0.497 e. The molecule has 0 atom stereocenters. The lowest BCUT2D eigenvalue weighted by Gasteiger charge is -2.22. The van der Waals surface area contributed by atoms with E-state index >= 15 is 0 Å². The van der Waals surface area contributed by atoms with E-state index in [-0.39, 0.29) is 23.8 Å². The smallest absolute Gasteiger partial charge is 0.254 e. The number of hydrogen-bond donors (Lipinski definition) is 1. The standard InChI is InChI=1S/C31H36N4O3/c1-6-7-18-34(30(37)24-13-12-22-10-8-9-11-23(22)19-24)21-29(36)32-28-20-27(31(2,3)4)33-35(28)25-14-16-26(38-5)17-15-25/h8-17,19-20H,6-7,18,21H2,1-5H3,(H,32,36). The van der Waals surface area contributed by atoms with Crippen molar-refractivity contribution in [2.45, 2.75) is 46.0 Å². The molecular weight excluding hydrogens is 476 g/mol. The highest BCUT2D eigenvalue weighted by Crippen LogP contribution is 2.27. The molecule has 4 rings (SSSR count). The zero-order valence-electron chi connectivity index (χ0n) is 22.8. The van der Waals surface area contributed by atoms with E-state index < -0.39 is 0 Å². The Kier molecular flexibility index (Phi) is 8.15. The Bertz CT molecular complexity index is 1420. The van der Waals surface area contributed by atoms with Gasteiger partial charge in [-0.2, -0.15) is 5.10 Å². The number of anilines is 1. The Labute approximate surface area is 224 Å². The molecule has 0 bridgehead atoms.